The highest BCUT2D eigenvalue weighted by atomic mass is 32.2. The Hall–Kier alpha value is -0.170. The lowest BCUT2D eigenvalue weighted by Gasteiger charge is -2.28. The second-order valence-electron chi connectivity index (χ2n) is 4.91. The van der Waals surface area contributed by atoms with Crippen LogP contribution in [0, 0.1) is 5.92 Å². The van der Waals surface area contributed by atoms with E-state index in [0.29, 0.717) is 19.3 Å². The minimum absolute atomic E-state index is 0.131. The van der Waals surface area contributed by atoms with E-state index >= 15 is 0 Å². The van der Waals surface area contributed by atoms with Gasteiger partial charge in [0.05, 0.1) is 31.7 Å². The normalized spacial score (nSPS) is 25.2. The fourth-order valence-electron chi connectivity index (χ4n) is 2.31. The zero-order chi connectivity index (χ0) is 13.4. The maximum atomic E-state index is 10.6. The first kappa shape index (κ1) is 15.9. The van der Waals surface area contributed by atoms with Gasteiger partial charge in [-0.05, 0) is 18.8 Å². The molecule has 0 heterocycles. The molecular weight excluding hydrogens is 254 g/mol. The zero-order valence-electron chi connectivity index (χ0n) is 11.1. The van der Waals surface area contributed by atoms with E-state index in [1.807, 2.05) is 0 Å². The van der Waals surface area contributed by atoms with Gasteiger partial charge in [-0.2, -0.15) is 0 Å². The van der Waals surface area contributed by atoms with Crippen LogP contribution in [0.25, 0.3) is 0 Å². The molecule has 108 valence electrons. The van der Waals surface area contributed by atoms with Crippen molar-refractivity contribution in [2.75, 3.05) is 25.6 Å². The number of hydrogen-bond donors (Lipinski definition) is 1. The summed E-state index contributed by atoms with van der Waals surface area (Å²) in [7, 11) is -3.41. The van der Waals surface area contributed by atoms with E-state index in [9.17, 15) is 8.42 Å². The highest BCUT2D eigenvalue weighted by Gasteiger charge is 2.20. The van der Waals surface area contributed by atoms with E-state index in [-0.39, 0.29) is 12.4 Å². The van der Waals surface area contributed by atoms with Crippen molar-refractivity contribution >= 4 is 10.0 Å². The van der Waals surface area contributed by atoms with Gasteiger partial charge in [0.25, 0.3) is 0 Å². The number of ether oxygens (including phenoxy) is 2. The molecule has 0 aromatic carbocycles. The van der Waals surface area contributed by atoms with E-state index in [4.69, 9.17) is 14.6 Å². The Bertz CT molecular complexity index is 318. The van der Waals surface area contributed by atoms with Crippen LogP contribution in [-0.4, -0.2) is 40.1 Å². The summed E-state index contributed by atoms with van der Waals surface area (Å²) in [5, 5.41) is 4.86. The summed E-state index contributed by atoms with van der Waals surface area (Å²) in [5.41, 5.74) is 0. The van der Waals surface area contributed by atoms with E-state index in [2.05, 4.69) is 6.92 Å². The zero-order valence-corrected chi connectivity index (χ0v) is 12.0. The Morgan fingerprint density at radius 3 is 2.67 bits per heavy atom. The Morgan fingerprint density at radius 1 is 1.22 bits per heavy atom. The van der Waals surface area contributed by atoms with Crippen LogP contribution < -0.4 is 5.14 Å². The van der Waals surface area contributed by atoms with Gasteiger partial charge in [-0.15, -0.1) is 0 Å². The number of nitrogens with two attached hydrogens (primary N) is 1. The lowest BCUT2D eigenvalue weighted by molar-refractivity contribution is -0.0180. The van der Waals surface area contributed by atoms with Crippen molar-refractivity contribution in [2.24, 2.45) is 11.1 Å². The minimum atomic E-state index is -3.41. The fraction of sp³-hybridized carbons (Fsp3) is 1.00. The van der Waals surface area contributed by atoms with Crippen LogP contribution in [-0.2, 0) is 19.5 Å². The Kier molecular flexibility index (Phi) is 7.14. The summed E-state index contributed by atoms with van der Waals surface area (Å²) in [6, 6.07) is 0. The molecule has 0 bridgehead atoms. The van der Waals surface area contributed by atoms with Crippen LogP contribution in [0.2, 0.25) is 0 Å². The van der Waals surface area contributed by atoms with Crippen molar-refractivity contribution in [3.63, 3.8) is 0 Å². The van der Waals surface area contributed by atoms with Crippen molar-refractivity contribution in [2.45, 2.75) is 45.1 Å². The molecule has 5 nitrogen and oxygen atoms in total. The molecular formula is C12H25NO4S. The van der Waals surface area contributed by atoms with Crippen molar-refractivity contribution in [1.29, 1.82) is 0 Å². The summed E-state index contributed by atoms with van der Waals surface area (Å²) < 4.78 is 32.2. The van der Waals surface area contributed by atoms with Crippen molar-refractivity contribution < 1.29 is 17.9 Å². The van der Waals surface area contributed by atoms with Gasteiger partial charge in [0.2, 0.25) is 10.0 Å². The minimum Gasteiger partial charge on any atom is -0.378 e. The molecule has 0 aliphatic heterocycles. The van der Waals surface area contributed by atoms with Crippen LogP contribution in [0.1, 0.15) is 39.0 Å². The molecule has 0 aromatic rings. The van der Waals surface area contributed by atoms with Crippen LogP contribution >= 0.6 is 0 Å². The van der Waals surface area contributed by atoms with Gasteiger partial charge < -0.3 is 9.47 Å². The summed E-state index contributed by atoms with van der Waals surface area (Å²) in [6.45, 7) is 3.34. The number of sulfonamides is 1. The van der Waals surface area contributed by atoms with Crippen molar-refractivity contribution in [3.8, 4) is 0 Å². The third-order valence-corrected chi connectivity index (χ3v) is 4.14. The first-order chi connectivity index (χ1) is 8.51. The van der Waals surface area contributed by atoms with Gasteiger partial charge in [-0.1, -0.05) is 26.2 Å². The molecule has 0 radical (unpaired) electrons. The van der Waals surface area contributed by atoms with E-state index in [0.717, 1.165) is 18.8 Å². The highest BCUT2D eigenvalue weighted by Crippen LogP contribution is 2.28. The first-order valence-corrected chi connectivity index (χ1v) is 8.42. The molecule has 2 N–H and O–H groups in total. The first-order valence-electron chi connectivity index (χ1n) is 6.71. The lowest BCUT2D eigenvalue weighted by atomic mass is 9.85. The summed E-state index contributed by atoms with van der Waals surface area (Å²) in [6.07, 6.45) is 6.42. The molecule has 0 spiro atoms. The second-order valence-corrected chi connectivity index (χ2v) is 6.65. The van der Waals surface area contributed by atoms with Gasteiger partial charge in [-0.3, -0.25) is 0 Å². The monoisotopic (exact) mass is 279 g/mol. The summed E-state index contributed by atoms with van der Waals surface area (Å²) in [4.78, 5) is 0. The average Bonchev–Trinajstić information content (AvgIpc) is 2.32. The predicted molar refractivity (Wildman–Crippen MR) is 70.8 cm³/mol. The Balaban J connectivity index is 2.00. The molecule has 0 saturated heterocycles. The maximum absolute atomic E-state index is 10.6. The Labute approximate surface area is 110 Å². The Morgan fingerprint density at radius 2 is 2.00 bits per heavy atom. The molecule has 2 unspecified atom stereocenters. The predicted octanol–water partition coefficient (Wildman–Crippen LogP) is 1.28. The molecule has 0 aromatic heterocycles. The third kappa shape index (κ3) is 7.31. The van der Waals surface area contributed by atoms with Crippen LogP contribution in [0.5, 0.6) is 0 Å². The molecule has 0 amide bonds. The maximum Gasteiger partial charge on any atom is 0.211 e. The standard InChI is InChI=1S/C12H25NO4S/c1-2-11-4-3-5-12(10-11)17-7-6-16-8-9-18(13,14)15/h11-12H,2-10H2,1H3,(H2,13,14,15). The molecule has 1 rings (SSSR count). The molecule has 18 heavy (non-hydrogen) atoms. The fourth-order valence-corrected chi connectivity index (χ4v) is 2.66. The van der Waals surface area contributed by atoms with Gasteiger partial charge >= 0.3 is 0 Å². The second kappa shape index (κ2) is 8.09. The molecule has 1 fully saturated rings. The van der Waals surface area contributed by atoms with Crippen molar-refractivity contribution in [1.82, 2.24) is 0 Å². The van der Waals surface area contributed by atoms with Gasteiger partial charge in [-0.25, -0.2) is 13.6 Å². The molecule has 1 aliphatic rings. The lowest BCUT2D eigenvalue weighted by Crippen LogP contribution is -2.25. The van der Waals surface area contributed by atoms with Crippen LogP contribution in [0.15, 0.2) is 0 Å². The molecule has 1 saturated carbocycles. The number of hydrogen-bond acceptors (Lipinski definition) is 4. The average molecular weight is 279 g/mol. The largest absolute Gasteiger partial charge is 0.378 e. The smallest absolute Gasteiger partial charge is 0.211 e. The van der Waals surface area contributed by atoms with Gasteiger partial charge in [0.1, 0.15) is 0 Å². The quantitative estimate of drug-likeness (QED) is 0.679. The van der Waals surface area contributed by atoms with E-state index in [1.54, 1.807) is 0 Å². The number of rotatable bonds is 8. The molecule has 2 atom stereocenters. The van der Waals surface area contributed by atoms with Crippen LogP contribution in [0.4, 0.5) is 0 Å². The summed E-state index contributed by atoms with van der Waals surface area (Å²) >= 11 is 0. The van der Waals surface area contributed by atoms with Crippen molar-refractivity contribution in [3.05, 3.63) is 0 Å². The van der Waals surface area contributed by atoms with Gasteiger partial charge in [0, 0.05) is 0 Å². The van der Waals surface area contributed by atoms with E-state index < -0.39 is 10.0 Å². The topological polar surface area (TPSA) is 78.6 Å². The highest BCUT2D eigenvalue weighted by molar-refractivity contribution is 7.89. The molecule has 1 aliphatic carbocycles. The molecule has 6 heteroatoms. The van der Waals surface area contributed by atoms with Gasteiger partial charge in [0.15, 0.2) is 0 Å². The SMILES string of the molecule is CCC1CCCC(OCCOCCS(N)(=O)=O)C1. The number of primary sulfonamides is 1. The van der Waals surface area contributed by atoms with Crippen LogP contribution in [0.3, 0.4) is 0 Å². The third-order valence-electron chi connectivity index (χ3n) is 3.41. The summed E-state index contributed by atoms with van der Waals surface area (Å²) in [5.74, 6) is 0.668. The van der Waals surface area contributed by atoms with E-state index in [1.165, 1.54) is 19.3 Å².